The monoisotopic (exact) mass is 381 g/mol. The quantitative estimate of drug-likeness (QED) is 0.722. The average molecular weight is 382 g/mol. The molecule has 1 aliphatic heterocycles. The maximum Gasteiger partial charge on any atom is 0.0931 e. The Labute approximate surface area is 164 Å². The number of aliphatic hydroxyl groups is 1. The highest BCUT2D eigenvalue weighted by Gasteiger charge is 2.34. The van der Waals surface area contributed by atoms with Gasteiger partial charge in [-0.2, -0.15) is 0 Å². The van der Waals surface area contributed by atoms with Crippen molar-refractivity contribution < 1.29 is 5.11 Å². The van der Waals surface area contributed by atoms with Crippen molar-refractivity contribution in [2.75, 3.05) is 19.7 Å². The fourth-order valence-electron chi connectivity index (χ4n) is 4.03. The second-order valence-corrected chi connectivity index (χ2v) is 8.02. The molecule has 2 heterocycles. The van der Waals surface area contributed by atoms with Crippen LogP contribution in [0.15, 0.2) is 54.9 Å². The summed E-state index contributed by atoms with van der Waals surface area (Å²) in [7, 11) is 0. The smallest absolute Gasteiger partial charge is 0.0931 e. The lowest BCUT2D eigenvalue weighted by Gasteiger charge is -2.41. The molecule has 0 radical (unpaired) electrons. The fourth-order valence-corrected chi connectivity index (χ4v) is 4.16. The first-order valence-corrected chi connectivity index (χ1v) is 9.82. The number of aliphatic hydroxyl groups excluding tert-OH is 1. The lowest BCUT2D eigenvalue weighted by Crippen LogP contribution is -2.42. The van der Waals surface area contributed by atoms with Gasteiger partial charge in [0.25, 0.3) is 0 Å². The molecule has 0 saturated carbocycles. The van der Waals surface area contributed by atoms with Gasteiger partial charge in [0.1, 0.15) is 0 Å². The number of halogens is 1. The average Bonchev–Trinajstić information content (AvgIpc) is 2.72. The molecule has 4 nitrogen and oxygen atoms in total. The zero-order valence-electron chi connectivity index (χ0n) is 15.3. The summed E-state index contributed by atoms with van der Waals surface area (Å²) >= 11 is 5.99. The van der Waals surface area contributed by atoms with Gasteiger partial charge in [0, 0.05) is 30.6 Å². The first-order valence-electron chi connectivity index (χ1n) is 9.44. The molecule has 1 N–H and O–H groups in total. The van der Waals surface area contributed by atoms with E-state index in [1.807, 2.05) is 18.2 Å². The summed E-state index contributed by atoms with van der Waals surface area (Å²) in [5.41, 5.74) is 4.35. The van der Waals surface area contributed by atoms with Gasteiger partial charge in [-0.15, -0.1) is 0 Å². The zero-order chi connectivity index (χ0) is 18.7. The number of piperidine rings is 1. The molecule has 27 heavy (non-hydrogen) atoms. The van der Waals surface area contributed by atoms with Gasteiger partial charge >= 0.3 is 0 Å². The van der Waals surface area contributed by atoms with Crippen molar-refractivity contribution >= 4 is 22.6 Å². The van der Waals surface area contributed by atoms with Crippen molar-refractivity contribution in [1.82, 2.24) is 14.9 Å². The van der Waals surface area contributed by atoms with Crippen molar-refractivity contribution in [3.8, 4) is 0 Å². The summed E-state index contributed by atoms with van der Waals surface area (Å²) in [6.07, 6.45) is 6.36. The molecule has 1 aliphatic rings. The fraction of sp³-hybridized carbons (Fsp3) is 0.364. The standard InChI is InChI=1S/C22H24ClN3O/c23-19-6-4-17(5-7-19)14-22(16-27)8-12-26(13-9-22)15-18-2-1-3-20-21(18)25-11-10-24-20/h1-7,10-11,27H,8-9,12-16H2. The summed E-state index contributed by atoms with van der Waals surface area (Å²) in [4.78, 5) is 11.4. The minimum absolute atomic E-state index is 0.0388. The first-order chi connectivity index (χ1) is 13.2. The van der Waals surface area contributed by atoms with Crippen molar-refractivity contribution in [2.24, 2.45) is 5.41 Å². The highest BCUT2D eigenvalue weighted by atomic mass is 35.5. The van der Waals surface area contributed by atoms with E-state index in [1.165, 1.54) is 11.1 Å². The first kappa shape index (κ1) is 18.4. The maximum absolute atomic E-state index is 10.1. The van der Waals surface area contributed by atoms with Crippen LogP contribution in [0.4, 0.5) is 0 Å². The summed E-state index contributed by atoms with van der Waals surface area (Å²) in [5.74, 6) is 0. The Bertz CT molecular complexity index is 900. The minimum atomic E-state index is -0.0388. The third kappa shape index (κ3) is 4.13. The van der Waals surface area contributed by atoms with E-state index >= 15 is 0 Å². The van der Waals surface area contributed by atoms with Gasteiger partial charge in [0.15, 0.2) is 0 Å². The number of benzene rings is 2. The molecule has 4 rings (SSSR count). The van der Waals surface area contributed by atoms with Crippen molar-refractivity contribution in [1.29, 1.82) is 0 Å². The van der Waals surface area contributed by atoms with Gasteiger partial charge in [-0.25, -0.2) is 0 Å². The number of hydrogen-bond donors (Lipinski definition) is 1. The van der Waals surface area contributed by atoms with Gasteiger partial charge in [-0.3, -0.25) is 14.9 Å². The number of fused-ring (bicyclic) bond motifs is 1. The molecule has 2 aromatic carbocycles. The van der Waals surface area contributed by atoms with E-state index < -0.39 is 0 Å². The Kier molecular flexibility index (Phi) is 5.39. The van der Waals surface area contributed by atoms with E-state index in [2.05, 4.69) is 39.1 Å². The normalized spacial score (nSPS) is 17.3. The van der Waals surface area contributed by atoms with E-state index in [4.69, 9.17) is 11.6 Å². The molecule has 0 amide bonds. The second-order valence-electron chi connectivity index (χ2n) is 7.58. The van der Waals surface area contributed by atoms with E-state index in [0.717, 1.165) is 55.0 Å². The van der Waals surface area contributed by atoms with Crippen LogP contribution in [0.25, 0.3) is 11.0 Å². The SMILES string of the molecule is OCC1(Cc2ccc(Cl)cc2)CCN(Cc2cccc3nccnc23)CC1. The molecular weight excluding hydrogens is 358 g/mol. The molecule has 1 fully saturated rings. The molecular formula is C22H24ClN3O. The molecule has 0 spiro atoms. The molecule has 0 unspecified atom stereocenters. The predicted octanol–water partition coefficient (Wildman–Crippen LogP) is 4.10. The minimum Gasteiger partial charge on any atom is -0.396 e. The van der Waals surface area contributed by atoms with E-state index in [-0.39, 0.29) is 12.0 Å². The van der Waals surface area contributed by atoms with Crippen molar-refractivity contribution in [3.05, 3.63) is 71.0 Å². The largest absolute Gasteiger partial charge is 0.396 e. The maximum atomic E-state index is 10.1. The van der Waals surface area contributed by atoms with Crippen LogP contribution in [0.2, 0.25) is 5.02 Å². The van der Waals surface area contributed by atoms with Gasteiger partial charge in [-0.05, 0) is 67.1 Å². The zero-order valence-corrected chi connectivity index (χ0v) is 16.1. The number of rotatable bonds is 5. The van der Waals surface area contributed by atoms with E-state index in [1.54, 1.807) is 12.4 Å². The summed E-state index contributed by atoms with van der Waals surface area (Å²) < 4.78 is 0. The van der Waals surface area contributed by atoms with Crippen LogP contribution in [0, 0.1) is 5.41 Å². The van der Waals surface area contributed by atoms with Crippen LogP contribution in [0.3, 0.4) is 0 Å². The highest BCUT2D eigenvalue weighted by Crippen LogP contribution is 2.35. The van der Waals surface area contributed by atoms with E-state index in [0.29, 0.717) is 0 Å². The molecule has 0 atom stereocenters. The Hall–Kier alpha value is -2.01. The summed E-state index contributed by atoms with van der Waals surface area (Å²) in [5, 5.41) is 10.9. The van der Waals surface area contributed by atoms with Gasteiger partial charge in [0.2, 0.25) is 0 Å². The molecule has 1 saturated heterocycles. The van der Waals surface area contributed by atoms with E-state index in [9.17, 15) is 5.11 Å². The second kappa shape index (κ2) is 7.93. The van der Waals surface area contributed by atoms with Gasteiger partial charge in [-0.1, -0.05) is 35.9 Å². The Morgan fingerprint density at radius 2 is 1.74 bits per heavy atom. The van der Waals surface area contributed by atoms with Crippen molar-refractivity contribution in [3.63, 3.8) is 0 Å². The molecule has 1 aromatic heterocycles. The van der Waals surface area contributed by atoms with Gasteiger partial charge in [0.05, 0.1) is 11.0 Å². The predicted molar refractivity (Wildman–Crippen MR) is 109 cm³/mol. The van der Waals surface area contributed by atoms with Gasteiger partial charge < -0.3 is 5.11 Å². The van der Waals surface area contributed by atoms with Crippen LogP contribution < -0.4 is 0 Å². The molecule has 0 aliphatic carbocycles. The Morgan fingerprint density at radius 3 is 2.48 bits per heavy atom. The summed E-state index contributed by atoms with van der Waals surface area (Å²) in [6.45, 7) is 3.05. The van der Waals surface area contributed by atoms with Crippen molar-refractivity contribution in [2.45, 2.75) is 25.8 Å². The Morgan fingerprint density at radius 1 is 1.00 bits per heavy atom. The topological polar surface area (TPSA) is 49.2 Å². The molecule has 5 heteroatoms. The lowest BCUT2D eigenvalue weighted by molar-refractivity contribution is 0.0415. The number of para-hydroxylation sites is 1. The van der Waals surface area contributed by atoms with Crippen LogP contribution in [-0.2, 0) is 13.0 Å². The lowest BCUT2D eigenvalue weighted by atomic mass is 9.74. The number of nitrogens with zero attached hydrogens (tertiary/aromatic N) is 3. The number of hydrogen-bond acceptors (Lipinski definition) is 4. The van der Waals surface area contributed by atoms with Crippen LogP contribution in [-0.4, -0.2) is 39.7 Å². The number of aromatic nitrogens is 2. The van der Waals surface area contributed by atoms with Crippen LogP contribution in [0.1, 0.15) is 24.0 Å². The third-order valence-electron chi connectivity index (χ3n) is 5.72. The molecule has 140 valence electrons. The molecule has 3 aromatic rings. The third-order valence-corrected chi connectivity index (χ3v) is 5.97. The summed E-state index contributed by atoms with van der Waals surface area (Å²) in [6, 6.07) is 14.2. The molecule has 0 bridgehead atoms. The number of likely N-dealkylation sites (tertiary alicyclic amines) is 1. The van der Waals surface area contributed by atoms with Crippen LogP contribution in [0.5, 0.6) is 0 Å². The van der Waals surface area contributed by atoms with Crippen LogP contribution >= 0.6 is 11.6 Å². The Balaban J connectivity index is 1.43. The highest BCUT2D eigenvalue weighted by molar-refractivity contribution is 6.30.